The molecule has 2 N–H and O–H groups in total. The number of benzene rings is 3. The van der Waals surface area contributed by atoms with Crippen molar-refractivity contribution in [2.24, 2.45) is 0 Å². The SMILES string of the molecule is O=C(Nc1n[nH]c(-c2ccccc2Br)n1)c1ccc2ccccc2c1. The zero-order chi connectivity index (χ0) is 17.2. The Morgan fingerprint density at radius 2 is 1.72 bits per heavy atom. The molecule has 0 radical (unpaired) electrons. The van der Waals surface area contributed by atoms with Crippen molar-refractivity contribution in [3.8, 4) is 11.4 Å². The minimum Gasteiger partial charge on any atom is -0.289 e. The summed E-state index contributed by atoms with van der Waals surface area (Å²) < 4.78 is 0.901. The molecule has 1 heterocycles. The normalized spacial score (nSPS) is 10.8. The van der Waals surface area contributed by atoms with Gasteiger partial charge in [-0.15, -0.1) is 5.10 Å². The second kappa shape index (κ2) is 6.49. The average molecular weight is 393 g/mol. The van der Waals surface area contributed by atoms with E-state index in [1.807, 2.05) is 60.7 Å². The van der Waals surface area contributed by atoms with Gasteiger partial charge in [-0.2, -0.15) is 4.98 Å². The van der Waals surface area contributed by atoms with Crippen molar-refractivity contribution in [2.75, 3.05) is 5.32 Å². The van der Waals surface area contributed by atoms with Gasteiger partial charge in [-0.25, -0.2) is 0 Å². The third kappa shape index (κ3) is 3.16. The first-order chi connectivity index (χ1) is 12.2. The van der Waals surface area contributed by atoms with Gasteiger partial charge < -0.3 is 0 Å². The van der Waals surface area contributed by atoms with Crippen LogP contribution in [-0.4, -0.2) is 21.1 Å². The van der Waals surface area contributed by atoms with E-state index in [-0.39, 0.29) is 11.9 Å². The number of amides is 1. The molecule has 0 fully saturated rings. The summed E-state index contributed by atoms with van der Waals surface area (Å²) in [7, 11) is 0. The number of H-pyrrole nitrogens is 1. The Hall–Kier alpha value is -2.99. The number of halogens is 1. The standard InChI is InChI=1S/C19H13BrN4O/c20-16-8-4-3-7-15(16)17-21-19(24-23-17)22-18(25)14-10-9-12-5-1-2-6-13(12)11-14/h1-11H,(H2,21,22,23,24,25). The number of anilines is 1. The van der Waals surface area contributed by atoms with Crippen LogP contribution < -0.4 is 5.32 Å². The quantitative estimate of drug-likeness (QED) is 0.533. The number of carbonyl (C=O) groups excluding carboxylic acids is 1. The lowest BCUT2D eigenvalue weighted by Crippen LogP contribution is -2.12. The summed E-state index contributed by atoms with van der Waals surface area (Å²) in [4.78, 5) is 16.8. The molecule has 1 amide bonds. The van der Waals surface area contributed by atoms with Gasteiger partial charge in [-0.3, -0.25) is 15.2 Å². The van der Waals surface area contributed by atoms with Crippen molar-refractivity contribution < 1.29 is 4.79 Å². The summed E-state index contributed by atoms with van der Waals surface area (Å²) >= 11 is 3.48. The fourth-order valence-electron chi connectivity index (χ4n) is 2.60. The predicted molar refractivity (Wildman–Crippen MR) is 101 cm³/mol. The molecule has 0 saturated carbocycles. The third-order valence-electron chi connectivity index (χ3n) is 3.85. The molecule has 3 aromatic carbocycles. The molecule has 0 saturated heterocycles. The lowest BCUT2D eigenvalue weighted by Gasteiger charge is -2.03. The van der Waals surface area contributed by atoms with Crippen LogP contribution >= 0.6 is 15.9 Å². The van der Waals surface area contributed by atoms with E-state index in [0.717, 1.165) is 20.8 Å². The molecule has 1 aromatic heterocycles. The highest BCUT2D eigenvalue weighted by Gasteiger charge is 2.12. The van der Waals surface area contributed by atoms with Crippen LogP contribution in [0, 0.1) is 0 Å². The average Bonchev–Trinajstić information content (AvgIpc) is 3.10. The van der Waals surface area contributed by atoms with Crippen molar-refractivity contribution in [2.45, 2.75) is 0 Å². The van der Waals surface area contributed by atoms with Crippen molar-refractivity contribution in [3.05, 3.63) is 76.8 Å². The fourth-order valence-corrected chi connectivity index (χ4v) is 3.07. The minimum atomic E-state index is -0.247. The topological polar surface area (TPSA) is 70.7 Å². The number of fused-ring (bicyclic) bond motifs is 1. The minimum absolute atomic E-state index is 0.240. The van der Waals surface area contributed by atoms with E-state index in [0.29, 0.717) is 11.4 Å². The molecule has 25 heavy (non-hydrogen) atoms. The molecule has 0 aliphatic carbocycles. The molecule has 0 unspecified atom stereocenters. The lowest BCUT2D eigenvalue weighted by molar-refractivity contribution is 0.102. The Morgan fingerprint density at radius 3 is 2.56 bits per heavy atom. The Bertz CT molecular complexity index is 1070. The molecular formula is C19H13BrN4O. The molecular weight excluding hydrogens is 380 g/mol. The van der Waals surface area contributed by atoms with Crippen LogP contribution in [-0.2, 0) is 0 Å². The molecule has 4 aromatic rings. The van der Waals surface area contributed by atoms with Crippen LogP contribution in [0.3, 0.4) is 0 Å². The maximum Gasteiger partial charge on any atom is 0.258 e. The van der Waals surface area contributed by atoms with Gasteiger partial charge in [0.2, 0.25) is 5.95 Å². The first kappa shape index (κ1) is 15.5. The lowest BCUT2D eigenvalue weighted by atomic mass is 10.1. The molecule has 0 aliphatic rings. The van der Waals surface area contributed by atoms with Crippen LogP contribution in [0.1, 0.15) is 10.4 Å². The second-order valence-electron chi connectivity index (χ2n) is 5.50. The zero-order valence-corrected chi connectivity index (χ0v) is 14.6. The number of aromatic amines is 1. The number of carbonyl (C=O) groups is 1. The molecule has 0 atom stereocenters. The highest BCUT2D eigenvalue weighted by molar-refractivity contribution is 9.10. The largest absolute Gasteiger partial charge is 0.289 e. The summed E-state index contributed by atoms with van der Waals surface area (Å²) in [5, 5.41) is 11.7. The summed E-state index contributed by atoms with van der Waals surface area (Å²) in [6.45, 7) is 0. The van der Waals surface area contributed by atoms with Crippen LogP contribution in [0.5, 0.6) is 0 Å². The molecule has 0 spiro atoms. The Balaban J connectivity index is 1.57. The summed E-state index contributed by atoms with van der Waals surface area (Å²) in [6.07, 6.45) is 0. The smallest absolute Gasteiger partial charge is 0.258 e. The van der Waals surface area contributed by atoms with Crippen molar-refractivity contribution in [1.82, 2.24) is 15.2 Å². The van der Waals surface area contributed by atoms with Crippen LogP contribution in [0.4, 0.5) is 5.95 Å². The molecule has 0 aliphatic heterocycles. The van der Waals surface area contributed by atoms with Crippen molar-refractivity contribution in [3.63, 3.8) is 0 Å². The number of aromatic nitrogens is 3. The summed E-state index contributed by atoms with van der Waals surface area (Å²) in [5.74, 6) is 0.577. The van der Waals surface area contributed by atoms with Crippen molar-refractivity contribution >= 4 is 38.6 Å². The maximum atomic E-state index is 12.5. The van der Waals surface area contributed by atoms with Gasteiger partial charge >= 0.3 is 0 Å². The van der Waals surface area contributed by atoms with Crippen LogP contribution in [0.15, 0.2) is 71.2 Å². The Labute approximate surface area is 152 Å². The van der Waals surface area contributed by atoms with E-state index >= 15 is 0 Å². The molecule has 5 nitrogen and oxygen atoms in total. The second-order valence-corrected chi connectivity index (χ2v) is 6.36. The van der Waals surface area contributed by atoms with Gasteiger partial charge in [0.25, 0.3) is 5.91 Å². The van der Waals surface area contributed by atoms with Crippen LogP contribution in [0.25, 0.3) is 22.2 Å². The molecule has 0 bridgehead atoms. The first-order valence-corrected chi connectivity index (χ1v) is 8.47. The fraction of sp³-hybridized carbons (Fsp3) is 0. The monoisotopic (exact) mass is 392 g/mol. The third-order valence-corrected chi connectivity index (χ3v) is 4.54. The molecule has 122 valence electrons. The predicted octanol–water partition coefficient (Wildman–Crippen LogP) is 4.64. The first-order valence-electron chi connectivity index (χ1n) is 7.68. The number of hydrogen-bond acceptors (Lipinski definition) is 3. The molecule has 6 heteroatoms. The van der Waals surface area contributed by atoms with Gasteiger partial charge in [0.05, 0.1) is 0 Å². The van der Waals surface area contributed by atoms with E-state index in [2.05, 4.69) is 36.4 Å². The number of rotatable bonds is 3. The number of hydrogen-bond donors (Lipinski definition) is 2. The van der Waals surface area contributed by atoms with Crippen LogP contribution in [0.2, 0.25) is 0 Å². The Morgan fingerprint density at radius 1 is 0.960 bits per heavy atom. The zero-order valence-electron chi connectivity index (χ0n) is 13.0. The van der Waals surface area contributed by atoms with E-state index < -0.39 is 0 Å². The summed E-state index contributed by atoms with van der Waals surface area (Å²) in [5.41, 5.74) is 1.44. The van der Waals surface area contributed by atoms with Gasteiger partial charge in [0, 0.05) is 15.6 Å². The van der Waals surface area contributed by atoms with Crippen molar-refractivity contribution in [1.29, 1.82) is 0 Å². The van der Waals surface area contributed by atoms with E-state index in [1.165, 1.54) is 0 Å². The summed E-state index contributed by atoms with van der Waals surface area (Å²) in [6, 6.07) is 21.1. The van der Waals surface area contributed by atoms with Gasteiger partial charge in [-0.05, 0) is 29.0 Å². The van der Waals surface area contributed by atoms with Gasteiger partial charge in [-0.1, -0.05) is 64.5 Å². The Kier molecular flexibility index (Phi) is 4.03. The highest BCUT2D eigenvalue weighted by atomic mass is 79.9. The number of nitrogens with zero attached hydrogens (tertiary/aromatic N) is 2. The van der Waals surface area contributed by atoms with E-state index in [9.17, 15) is 4.79 Å². The maximum absolute atomic E-state index is 12.5. The number of nitrogens with one attached hydrogen (secondary N) is 2. The van der Waals surface area contributed by atoms with E-state index in [4.69, 9.17) is 0 Å². The highest BCUT2D eigenvalue weighted by Crippen LogP contribution is 2.25. The van der Waals surface area contributed by atoms with Gasteiger partial charge in [0.1, 0.15) is 0 Å². The molecule has 4 rings (SSSR count). The van der Waals surface area contributed by atoms with E-state index in [1.54, 1.807) is 6.07 Å². The van der Waals surface area contributed by atoms with Gasteiger partial charge in [0.15, 0.2) is 5.82 Å².